The first-order valence-corrected chi connectivity index (χ1v) is 10.3. The van der Waals surface area contributed by atoms with Crippen molar-refractivity contribution in [1.82, 2.24) is 9.55 Å². The highest BCUT2D eigenvalue weighted by Crippen LogP contribution is 2.29. The quantitative estimate of drug-likeness (QED) is 0.473. The Morgan fingerprint density at radius 3 is 2.83 bits per heavy atom. The Hall–Kier alpha value is -2.99. The van der Waals surface area contributed by atoms with Gasteiger partial charge >= 0.3 is 0 Å². The second-order valence-corrected chi connectivity index (χ2v) is 7.18. The molecule has 0 N–H and O–H groups in total. The normalized spacial score (nSPS) is 15.5. The van der Waals surface area contributed by atoms with Gasteiger partial charge in [0.2, 0.25) is 5.88 Å². The summed E-state index contributed by atoms with van der Waals surface area (Å²) < 4.78 is 12.4. The molecule has 0 aliphatic carbocycles. The van der Waals surface area contributed by atoms with Crippen molar-refractivity contribution in [1.29, 1.82) is 0 Å². The number of nitrogens with zero attached hydrogens (tertiary/aromatic N) is 3. The molecule has 30 heavy (non-hydrogen) atoms. The van der Waals surface area contributed by atoms with Crippen LogP contribution in [0, 0.1) is 0 Å². The summed E-state index contributed by atoms with van der Waals surface area (Å²) >= 11 is 0. The van der Waals surface area contributed by atoms with E-state index in [4.69, 9.17) is 9.47 Å². The van der Waals surface area contributed by atoms with Gasteiger partial charge in [-0.1, -0.05) is 30.8 Å². The molecule has 158 valence electrons. The Kier molecular flexibility index (Phi) is 7.74. The van der Waals surface area contributed by atoms with Crippen molar-refractivity contribution in [3.8, 4) is 11.3 Å². The van der Waals surface area contributed by atoms with Gasteiger partial charge in [0.1, 0.15) is 0 Å². The molecule has 0 amide bonds. The molecular formula is C24H29N3O3. The summed E-state index contributed by atoms with van der Waals surface area (Å²) in [5.41, 5.74) is 3.54. The molecule has 1 aliphatic rings. The third-order valence-electron chi connectivity index (χ3n) is 5.23. The third-order valence-corrected chi connectivity index (χ3v) is 5.23. The number of rotatable bonds is 8. The Morgan fingerprint density at radius 1 is 1.37 bits per heavy atom. The van der Waals surface area contributed by atoms with E-state index < -0.39 is 0 Å². The molecule has 1 aromatic heterocycles. The molecule has 6 nitrogen and oxygen atoms in total. The number of hydrogen-bond donors (Lipinski definition) is 0. The topological polar surface area (TPSA) is 65.7 Å². The minimum Gasteiger partial charge on any atom is -0.481 e. The maximum absolute atomic E-state index is 12.8. The van der Waals surface area contributed by atoms with Crippen molar-refractivity contribution in [3.63, 3.8) is 0 Å². The molecule has 3 rings (SSSR count). The molecule has 6 heteroatoms. The summed E-state index contributed by atoms with van der Waals surface area (Å²) in [6.07, 6.45) is 8.51. The van der Waals surface area contributed by atoms with Crippen LogP contribution >= 0.6 is 0 Å². The van der Waals surface area contributed by atoms with Gasteiger partial charge in [0.15, 0.2) is 0 Å². The molecule has 2 aromatic rings. The maximum Gasteiger partial charge on any atom is 0.254 e. The fraction of sp³-hybridized carbons (Fsp3) is 0.375. The van der Waals surface area contributed by atoms with E-state index in [0.29, 0.717) is 24.8 Å². The number of ether oxygens (including phenoxy) is 2. The number of aromatic nitrogens is 2. The minimum atomic E-state index is -0.0302. The van der Waals surface area contributed by atoms with E-state index in [1.54, 1.807) is 30.3 Å². The first-order valence-electron chi connectivity index (χ1n) is 10.3. The predicted molar refractivity (Wildman–Crippen MR) is 121 cm³/mol. The highest BCUT2D eigenvalue weighted by molar-refractivity contribution is 5.78. The zero-order valence-corrected chi connectivity index (χ0v) is 17.7. The molecule has 0 saturated carbocycles. The lowest BCUT2D eigenvalue weighted by Gasteiger charge is -2.24. The Balaban J connectivity index is 1.80. The zero-order chi connectivity index (χ0) is 21.3. The highest BCUT2D eigenvalue weighted by atomic mass is 16.5. The van der Waals surface area contributed by atoms with Crippen LogP contribution in [0.1, 0.15) is 44.2 Å². The van der Waals surface area contributed by atoms with Crippen LogP contribution in [0.5, 0.6) is 0 Å². The maximum atomic E-state index is 12.8. The third kappa shape index (κ3) is 5.33. The van der Waals surface area contributed by atoms with Crippen LogP contribution in [0.3, 0.4) is 0 Å². The van der Waals surface area contributed by atoms with E-state index in [1.165, 1.54) is 0 Å². The van der Waals surface area contributed by atoms with E-state index in [9.17, 15) is 4.79 Å². The second kappa shape index (κ2) is 10.7. The van der Waals surface area contributed by atoms with Gasteiger partial charge in [-0.2, -0.15) is 0 Å². The lowest BCUT2D eigenvalue weighted by molar-refractivity contribution is 0.0684. The lowest BCUT2D eigenvalue weighted by atomic mass is 9.95. The van der Waals surface area contributed by atoms with Crippen LogP contribution in [0.25, 0.3) is 16.8 Å². The number of allylic oxidation sites excluding steroid dienone is 2. The monoisotopic (exact) mass is 407 g/mol. The molecule has 2 heterocycles. The molecule has 0 unspecified atom stereocenters. The first-order chi connectivity index (χ1) is 14.6. The smallest absolute Gasteiger partial charge is 0.254 e. The number of methoxy groups -OCH3 is 1. The van der Waals surface area contributed by atoms with E-state index in [2.05, 4.69) is 16.6 Å². The van der Waals surface area contributed by atoms with E-state index in [1.807, 2.05) is 37.3 Å². The van der Waals surface area contributed by atoms with E-state index >= 15 is 0 Å². The first kappa shape index (κ1) is 21.7. The van der Waals surface area contributed by atoms with Gasteiger partial charge in [-0.3, -0.25) is 9.36 Å². The fourth-order valence-electron chi connectivity index (χ4n) is 3.63. The number of benzene rings is 1. The summed E-state index contributed by atoms with van der Waals surface area (Å²) in [5, 5.41) is 0. The summed E-state index contributed by atoms with van der Waals surface area (Å²) in [4.78, 5) is 21.5. The largest absolute Gasteiger partial charge is 0.481 e. The minimum absolute atomic E-state index is 0.0302. The van der Waals surface area contributed by atoms with Gasteiger partial charge < -0.3 is 9.47 Å². The summed E-state index contributed by atoms with van der Waals surface area (Å²) in [6.45, 7) is 7.48. The summed E-state index contributed by atoms with van der Waals surface area (Å²) in [7, 11) is 1.61. The van der Waals surface area contributed by atoms with Crippen molar-refractivity contribution >= 4 is 11.8 Å². The Morgan fingerprint density at radius 2 is 2.13 bits per heavy atom. The van der Waals surface area contributed by atoms with Crippen LogP contribution in [-0.4, -0.2) is 36.1 Å². The van der Waals surface area contributed by atoms with Crippen molar-refractivity contribution in [2.24, 2.45) is 4.99 Å². The molecule has 1 saturated heterocycles. The van der Waals surface area contributed by atoms with Crippen molar-refractivity contribution in [3.05, 3.63) is 71.1 Å². The fourth-order valence-corrected chi connectivity index (χ4v) is 3.63. The van der Waals surface area contributed by atoms with E-state index in [0.717, 1.165) is 42.4 Å². The molecule has 0 spiro atoms. The molecule has 1 fully saturated rings. The van der Waals surface area contributed by atoms with Crippen molar-refractivity contribution in [2.45, 2.75) is 38.6 Å². The molecule has 1 aromatic carbocycles. The van der Waals surface area contributed by atoms with Crippen molar-refractivity contribution < 1.29 is 9.47 Å². The van der Waals surface area contributed by atoms with Gasteiger partial charge in [-0.15, -0.1) is 0 Å². The lowest BCUT2D eigenvalue weighted by Crippen LogP contribution is -2.29. The van der Waals surface area contributed by atoms with Crippen LogP contribution < -0.4 is 5.56 Å². The molecule has 0 atom stereocenters. The summed E-state index contributed by atoms with van der Waals surface area (Å²) in [6, 6.07) is 9.72. The van der Waals surface area contributed by atoms with Gasteiger partial charge in [0.25, 0.3) is 5.56 Å². The van der Waals surface area contributed by atoms with Gasteiger partial charge in [-0.05, 0) is 49.8 Å². The molecule has 1 aliphatic heterocycles. The predicted octanol–water partition coefficient (Wildman–Crippen LogP) is 4.63. The Labute approximate surface area is 177 Å². The van der Waals surface area contributed by atoms with Gasteiger partial charge in [0, 0.05) is 37.1 Å². The van der Waals surface area contributed by atoms with Gasteiger partial charge in [-0.25, -0.2) is 9.98 Å². The molecule has 0 bridgehead atoms. The molecule has 0 radical (unpaired) electrons. The average molecular weight is 408 g/mol. The van der Waals surface area contributed by atoms with Crippen LogP contribution in [0.15, 0.2) is 65.0 Å². The van der Waals surface area contributed by atoms with Gasteiger partial charge in [0.05, 0.1) is 19.1 Å². The summed E-state index contributed by atoms with van der Waals surface area (Å²) in [5.74, 6) is 0.594. The highest BCUT2D eigenvalue weighted by Gasteiger charge is 2.18. The second-order valence-electron chi connectivity index (χ2n) is 7.18. The molecular weight excluding hydrogens is 378 g/mol. The van der Waals surface area contributed by atoms with Crippen LogP contribution in [-0.2, 0) is 9.47 Å². The van der Waals surface area contributed by atoms with Crippen LogP contribution in [0.2, 0.25) is 0 Å². The number of aliphatic imine (C=N–C) groups is 1. The number of hydrogen-bond acceptors (Lipinski definition) is 5. The van der Waals surface area contributed by atoms with Crippen molar-refractivity contribution in [2.75, 3.05) is 20.3 Å². The standard InChI is InChI=1S/C24H29N3O3/c1-4-25-23(29-3)11-7-8-18(2)20-9-5-6-10-21(20)22-16-24(28)27(17-26-22)19-12-14-30-15-13-19/h4-6,9-11,16-17,19H,2,7-8,12-15H2,1,3H3/b23-11+,25-4-. The van der Waals surface area contributed by atoms with Crippen LogP contribution in [0.4, 0.5) is 0 Å². The zero-order valence-electron chi connectivity index (χ0n) is 17.7. The SMILES string of the molecule is C=C(CC/C=C(\N=C/C)OC)c1ccccc1-c1cc(=O)n(C2CCOCC2)cn1. The Bertz CT molecular complexity index is 985. The van der Waals surface area contributed by atoms with E-state index in [-0.39, 0.29) is 11.6 Å². The average Bonchev–Trinajstić information content (AvgIpc) is 2.79.